The van der Waals surface area contributed by atoms with Crippen molar-refractivity contribution >= 4 is 17.5 Å². The number of hydrogen-bond acceptors (Lipinski definition) is 5. The summed E-state index contributed by atoms with van der Waals surface area (Å²) in [4.78, 5) is 33.2. The number of aliphatic hydroxyl groups is 1. The summed E-state index contributed by atoms with van der Waals surface area (Å²) in [5.74, 6) is -0.00959. The summed E-state index contributed by atoms with van der Waals surface area (Å²) in [7, 11) is 1.80. The fourth-order valence-electron chi connectivity index (χ4n) is 3.91. The molecule has 2 aromatic rings. The molecule has 2 aliphatic rings. The lowest BCUT2D eigenvalue weighted by molar-refractivity contribution is -0.130. The molecule has 4 rings (SSSR count). The largest absolute Gasteiger partial charge is 0.396 e. The van der Waals surface area contributed by atoms with Crippen molar-refractivity contribution in [3.8, 4) is 0 Å². The molecule has 1 N–H and O–H groups in total. The number of carbonyl (C=O) groups is 2. The Morgan fingerprint density at radius 3 is 2.92 bits per heavy atom. The highest BCUT2D eigenvalue weighted by atomic mass is 16.3. The zero-order valence-electron chi connectivity index (χ0n) is 14.1. The van der Waals surface area contributed by atoms with Gasteiger partial charge in [0, 0.05) is 51.1 Å². The number of likely N-dealkylation sites (tertiary alicyclic amines) is 1. The van der Waals surface area contributed by atoms with Crippen LogP contribution in [-0.2, 0) is 11.2 Å². The highest BCUT2D eigenvalue weighted by Crippen LogP contribution is 2.32. The van der Waals surface area contributed by atoms with Crippen LogP contribution in [0.25, 0.3) is 5.65 Å². The molecule has 0 aliphatic carbocycles. The van der Waals surface area contributed by atoms with Crippen molar-refractivity contribution in [2.45, 2.75) is 37.8 Å². The molecule has 4 heterocycles. The first-order chi connectivity index (χ1) is 12.1. The molecule has 0 aromatic carbocycles. The number of nitrogens with zero attached hydrogens (tertiary/aromatic N) is 5. The van der Waals surface area contributed by atoms with Crippen molar-refractivity contribution < 1.29 is 14.7 Å². The number of rotatable bonds is 3. The smallest absolute Gasteiger partial charge is 0.259 e. The van der Waals surface area contributed by atoms with Crippen molar-refractivity contribution in [2.75, 3.05) is 20.2 Å². The molecule has 8 heteroatoms. The minimum atomic E-state index is -0.104. The average Bonchev–Trinajstić information content (AvgIpc) is 3.15. The first kappa shape index (κ1) is 16.0. The Morgan fingerprint density at radius 1 is 1.32 bits per heavy atom. The zero-order chi connectivity index (χ0) is 17.6. The summed E-state index contributed by atoms with van der Waals surface area (Å²) in [6, 6.07) is 0.0103. The minimum Gasteiger partial charge on any atom is -0.396 e. The number of hydrogen-bond donors (Lipinski definition) is 1. The highest BCUT2D eigenvalue weighted by Gasteiger charge is 2.42. The molecule has 2 bridgehead atoms. The zero-order valence-corrected chi connectivity index (χ0v) is 14.1. The van der Waals surface area contributed by atoms with Gasteiger partial charge in [-0.15, -0.1) is 0 Å². The monoisotopic (exact) mass is 343 g/mol. The van der Waals surface area contributed by atoms with Crippen molar-refractivity contribution in [1.29, 1.82) is 0 Å². The Bertz CT molecular complexity index is 833. The first-order valence-electron chi connectivity index (χ1n) is 8.58. The van der Waals surface area contributed by atoms with Gasteiger partial charge in [0.25, 0.3) is 5.91 Å². The van der Waals surface area contributed by atoms with E-state index in [0.717, 1.165) is 18.4 Å². The van der Waals surface area contributed by atoms with Crippen molar-refractivity contribution in [3.05, 3.63) is 29.7 Å². The molecule has 2 fully saturated rings. The molecule has 2 saturated heterocycles. The van der Waals surface area contributed by atoms with E-state index in [1.54, 1.807) is 35.1 Å². The van der Waals surface area contributed by atoms with Gasteiger partial charge in [-0.2, -0.15) is 5.10 Å². The number of aliphatic hydroxyl groups excluding tert-OH is 1. The van der Waals surface area contributed by atoms with Gasteiger partial charge in [0.1, 0.15) is 5.56 Å². The molecule has 0 saturated carbocycles. The van der Waals surface area contributed by atoms with E-state index in [-0.39, 0.29) is 30.5 Å². The van der Waals surface area contributed by atoms with Crippen LogP contribution in [0.5, 0.6) is 0 Å². The van der Waals surface area contributed by atoms with E-state index in [4.69, 9.17) is 5.11 Å². The second-order valence-electron chi connectivity index (χ2n) is 6.84. The molecular weight excluding hydrogens is 322 g/mol. The highest BCUT2D eigenvalue weighted by molar-refractivity contribution is 6.00. The van der Waals surface area contributed by atoms with E-state index >= 15 is 0 Å². The first-order valence-corrected chi connectivity index (χ1v) is 8.58. The third-order valence-electron chi connectivity index (χ3n) is 5.22. The lowest BCUT2D eigenvalue weighted by Crippen LogP contribution is -2.42. The predicted octanol–water partition coefficient (Wildman–Crippen LogP) is 0.0994. The molecule has 132 valence electrons. The van der Waals surface area contributed by atoms with E-state index in [2.05, 4.69) is 10.1 Å². The molecule has 2 amide bonds. The maximum absolute atomic E-state index is 13.2. The van der Waals surface area contributed by atoms with Gasteiger partial charge in [-0.1, -0.05) is 0 Å². The van der Waals surface area contributed by atoms with E-state index in [1.165, 1.54) is 0 Å². The van der Waals surface area contributed by atoms with E-state index in [9.17, 15) is 9.59 Å². The lowest BCUT2D eigenvalue weighted by atomic mass is 10.1. The van der Waals surface area contributed by atoms with Crippen LogP contribution in [-0.4, -0.2) is 73.6 Å². The number of aromatic nitrogens is 3. The Labute approximate surface area is 145 Å². The predicted molar refractivity (Wildman–Crippen MR) is 89.0 cm³/mol. The van der Waals surface area contributed by atoms with E-state index in [1.807, 2.05) is 4.90 Å². The van der Waals surface area contributed by atoms with Gasteiger partial charge >= 0.3 is 0 Å². The van der Waals surface area contributed by atoms with Gasteiger partial charge in [-0.25, -0.2) is 9.50 Å². The number of carbonyl (C=O) groups excluding carboxylic acids is 2. The van der Waals surface area contributed by atoms with Gasteiger partial charge < -0.3 is 14.9 Å². The van der Waals surface area contributed by atoms with Crippen molar-refractivity contribution in [1.82, 2.24) is 24.4 Å². The summed E-state index contributed by atoms with van der Waals surface area (Å²) < 4.78 is 1.58. The second kappa shape index (κ2) is 6.11. The van der Waals surface area contributed by atoms with Crippen LogP contribution >= 0.6 is 0 Å². The molecule has 2 aliphatic heterocycles. The summed E-state index contributed by atoms with van der Waals surface area (Å²) in [6.45, 7) is 0.618. The molecule has 2 aromatic heterocycles. The molecule has 2 atom stereocenters. The van der Waals surface area contributed by atoms with Gasteiger partial charge in [-0.3, -0.25) is 9.59 Å². The summed E-state index contributed by atoms with van der Waals surface area (Å²) in [5.41, 5.74) is 1.83. The van der Waals surface area contributed by atoms with E-state index in [0.29, 0.717) is 30.6 Å². The molecule has 25 heavy (non-hydrogen) atoms. The minimum absolute atomic E-state index is 0.0406. The Balaban J connectivity index is 1.67. The van der Waals surface area contributed by atoms with Crippen molar-refractivity contribution in [2.24, 2.45) is 0 Å². The van der Waals surface area contributed by atoms with E-state index < -0.39 is 0 Å². The SMILES string of the molecule is CN1C[C@@H]2CC[C@H](CC1=O)N2C(=O)c1cnn2cc(CCO)cnc12. The topological polar surface area (TPSA) is 91.0 Å². The standard InChI is InChI=1S/C17H21N5O3/c1-20-10-13-3-2-12(6-15(20)24)22(13)17(25)14-8-19-21-9-11(4-5-23)7-18-16(14)21/h7-9,12-13,23H,2-6,10H2,1H3/t12-,13+/m1/s1. The summed E-state index contributed by atoms with van der Waals surface area (Å²) in [5, 5.41) is 13.3. The van der Waals surface area contributed by atoms with Crippen LogP contribution in [0, 0.1) is 0 Å². The molecule has 0 spiro atoms. The molecule has 8 nitrogen and oxygen atoms in total. The quantitative estimate of drug-likeness (QED) is 0.853. The van der Waals surface area contributed by atoms with Crippen LogP contribution in [0.15, 0.2) is 18.6 Å². The Morgan fingerprint density at radius 2 is 2.12 bits per heavy atom. The van der Waals surface area contributed by atoms with Crippen LogP contribution in [0.1, 0.15) is 35.2 Å². The fraction of sp³-hybridized carbons (Fsp3) is 0.529. The van der Waals surface area contributed by atoms with Gasteiger partial charge in [-0.05, 0) is 24.8 Å². The lowest BCUT2D eigenvalue weighted by Gasteiger charge is -2.27. The van der Waals surface area contributed by atoms with Crippen LogP contribution in [0.4, 0.5) is 0 Å². The van der Waals surface area contributed by atoms with Gasteiger partial charge in [0.15, 0.2) is 5.65 Å². The Kier molecular flexibility index (Phi) is 3.91. The molecular formula is C17H21N5O3. The number of amides is 2. The maximum Gasteiger partial charge on any atom is 0.259 e. The maximum atomic E-state index is 13.2. The van der Waals surface area contributed by atoms with Crippen LogP contribution in [0.3, 0.4) is 0 Å². The van der Waals surface area contributed by atoms with Gasteiger partial charge in [0.2, 0.25) is 5.91 Å². The number of fused-ring (bicyclic) bond motifs is 3. The number of likely N-dealkylation sites (N-methyl/N-ethyl adjacent to an activating group) is 1. The van der Waals surface area contributed by atoms with Gasteiger partial charge in [0.05, 0.1) is 6.20 Å². The second-order valence-corrected chi connectivity index (χ2v) is 6.84. The molecule has 0 radical (unpaired) electrons. The third-order valence-corrected chi connectivity index (χ3v) is 5.22. The Hall–Kier alpha value is -2.48. The normalized spacial score (nSPS) is 23.4. The van der Waals surface area contributed by atoms with Crippen LogP contribution < -0.4 is 0 Å². The van der Waals surface area contributed by atoms with Crippen LogP contribution in [0.2, 0.25) is 0 Å². The summed E-state index contributed by atoms with van der Waals surface area (Å²) in [6.07, 6.45) is 7.65. The molecule has 0 unspecified atom stereocenters. The fourth-order valence-corrected chi connectivity index (χ4v) is 3.91. The van der Waals surface area contributed by atoms with Crippen molar-refractivity contribution in [3.63, 3.8) is 0 Å². The summed E-state index contributed by atoms with van der Waals surface area (Å²) >= 11 is 0. The third kappa shape index (κ3) is 2.66. The average molecular weight is 343 g/mol.